The van der Waals surface area contributed by atoms with Crippen molar-refractivity contribution in [3.63, 3.8) is 0 Å². The molecule has 2 N–H and O–H groups in total. The number of aromatic nitrogens is 6. The van der Waals surface area contributed by atoms with Gasteiger partial charge in [0.25, 0.3) is 0 Å². The molecule has 0 atom stereocenters. The highest BCUT2D eigenvalue weighted by Gasteiger charge is 2.11. The fourth-order valence-corrected chi connectivity index (χ4v) is 2.11. The number of hydrogen-bond donors (Lipinski definition) is 2. The maximum absolute atomic E-state index is 8.82. The topological polar surface area (TPSA) is 101 Å². The van der Waals surface area contributed by atoms with Crippen LogP contribution in [-0.4, -0.2) is 46.4 Å². The molecule has 0 aliphatic carbocycles. The smallest absolute Gasteiger partial charge is 0.423 e. The molecule has 0 aliphatic rings. The quantitative estimate of drug-likeness (QED) is 0.460. The third kappa shape index (κ3) is 3.13. The first-order valence-electron chi connectivity index (χ1n) is 6.24. The van der Waals surface area contributed by atoms with E-state index >= 15 is 0 Å². The van der Waals surface area contributed by atoms with Crippen molar-refractivity contribution in [3.8, 4) is 0 Å². The van der Waals surface area contributed by atoms with Crippen LogP contribution in [0.4, 0.5) is 0 Å². The summed E-state index contributed by atoms with van der Waals surface area (Å²) in [5, 5.41) is 25.4. The van der Waals surface area contributed by atoms with E-state index in [0.717, 1.165) is 10.1 Å². The van der Waals surface area contributed by atoms with E-state index in [-0.39, 0.29) is 0 Å². The van der Waals surface area contributed by atoms with Gasteiger partial charge < -0.3 is 10.0 Å². The van der Waals surface area contributed by atoms with Crippen LogP contribution in [0.1, 0.15) is 0 Å². The average Bonchev–Trinajstić information content (AvgIpc) is 3.14. The Bertz CT molecular complexity index is 909. The normalized spacial score (nSPS) is 10.5. The Morgan fingerprint density at radius 1 is 0.909 bits per heavy atom. The molecule has 0 spiro atoms. The van der Waals surface area contributed by atoms with Gasteiger partial charge in [-0.3, -0.25) is 0 Å². The zero-order valence-electron chi connectivity index (χ0n) is 11.2. The first kappa shape index (κ1) is 14.6. The van der Waals surface area contributed by atoms with Crippen molar-refractivity contribution in [1.29, 1.82) is 0 Å². The lowest BCUT2D eigenvalue weighted by Gasteiger charge is -1.97. The molecule has 0 unspecified atom stereocenters. The minimum absolute atomic E-state index is 0.413. The number of rotatable bonds is 1. The molecule has 4 heterocycles. The summed E-state index contributed by atoms with van der Waals surface area (Å²) in [6, 6.07) is 6.97. The van der Waals surface area contributed by atoms with Crippen molar-refractivity contribution < 1.29 is 10.0 Å². The standard InChI is InChI=1S/C6H6BN3O2.C6H4BrN3/c11-7(12)5-1-2-10-6(3-5)8-4-9-10;7-5-1-2-10-6(3-5)8-4-9-10/h1-4,11-12H;1-4H. The van der Waals surface area contributed by atoms with E-state index in [1.807, 2.05) is 18.3 Å². The van der Waals surface area contributed by atoms with E-state index in [1.54, 1.807) is 27.4 Å². The molecule has 4 rings (SSSR count). The van der Waals surface area contributed by atoms with Crippen molar-refractivity contribution in [1.82, 2.24) is 29.2 Å². The van der Waals surface area contributed by atoms with Crippen molar-refractivity contribution in [2.24, 2.45) is 0 Å². The molecule has 8 nitrogen and oxygen atoms in total. The van der Waals surface area contributed by atoms with Crippen molar-refractivity contribution in [3.05, 3.63) is 53.8 Å². The minimum Gasteiger partial charge on any atom is -0.423 e. The van der Waals surface area contributed by atoms with Gasteiger partial charge >= 0.3 is 7.12 Å². The highest BCUT2D eigenvalue weighted by molar-refractivity contribution is 9.10. The van der Waals surface area contributed by atoms with Gasteiger partial charge in [0.15, 0.2) is 11.3 Å². The summed E-state index contributed by atoms with van der Waals surface area (Å²) in [5.41, 5.74) is 1.87. The first-order chi connectivity index (χ1) is 10.6. The summed E-state index contributed by atoms with van der Waals surface area (Å²) >= 11 is 3.34. The van der Waals surface area contributed by atoms with Gasteiger partial charge in [-0.05, 0) is 29.7 Å². The Morgan fingerprint density at radius 3 is 2.14 bits per heavy atom. The second-order valence-electron chi connectivity index (χ2n) is 4.30. The van der Waals surface area contributed by atoms with Gasteiger partial charge in [-0.2, -0.15) is 10.2 Å². The summed E-state index contributed by atoms with van der Waals surface area (Å²) in [6.07, 6.45) is 6.41. The van der Waals surface area contributed by atoms with E-state index in [4.69, 9.17) is 10.0 Å². The lowest BCUT2D eigenvalue weighted by molar-refractivity contribution is 0.425. The third-order valence-corrected chi connectivity index (χ3v) is 3.34. The molecule has 0 fully saturated rings. The van der Waals surface area contributed by atoms with E-state index in [0.29, 0.717) is 11.1 Å². The monoisotopic (exact) mass is 360 g/mol. The minimum atomic E-state index is -1.45. The highest BCUT2D eigenvalue weighted by atomic mass is 79.9. The van der Waals surface area contributed by atoms with E-state index < -0.39 is 7.12 Å². The number of pyridine rings is 2. The molecular formula is C12H10BBrN6O2. The van der Waals surface area contributed by atoms with Gasteiger partial charge in [-0.25, -0.2) is 19.0 Å². The first-order valence-corrected chi connectivity index (χ1v) is 7.03. The Labute approximate surface area is 133 Å². The molecule has 0 bridgehead atoms. The predicted octanol–water partition coefficient (Wildman–Crippen LogP) is -0.0991. The second-order valence-corrected chi connectivity index (χ2v) is 5.22. The van der Waals surface area contributed by atoms with Crippen LogP contribution in [0.15, 0.2) is 53.8 Å². The van der Waals surface area contributed by atoms with Crippen LogP contribution >= 0.6 is 15.9 Å². The lowest BCUT2D eigenvalue weighted by Crippen LogP contribution is -2.29. The Kier molecular flexibility index (Phi) is 4.14. The SMILES string of the molecule is Brc1ccn2ncnc2c1.OB(O)c1ccn2ncnc2c1. The Hall–Kier alpha value is -2.30. The summed E-state index contributed by atoms with van der Waals surface area (Å²) < 4.78 is 4.28. The van der Waals surface area contributed by atoms with Crippen molar-refractivity contribution in [2.45, 2.75) is 0 Å². The summed E-state index contributed by atoms with van der Waals surface area (Å²) in [5.74, 6) is 0. The van der Waals surface area contributed by atoms with Crippen LogP contribution in [0.25, 0.3) is 11.3 Å². The van der Waals surface area contributed by atoms with E-state index in [9.17, 15) is 0 Å². The Morgan fingerprint density at radius 2 is 1.50 bits per heavy atom. The van der Waals surface area contributed by atoms with Gasteiger partial charge in [0.2, 0.25) is 0 Å². The van der Waals surface area contributed by atoms with Crippen molar-refractivity contribution >= 4 is 39.8 Å². The number of nitrogens with zero attached hydrogens (tertiary/aromatic N) is 6. The van der Waals surface area contributed by atoms with Crippen LogP contribution in [0.5, 0.6) is 0 Å². The van der Waals surface area contributed by atoms with Crippen LogP contribution in [0.3, 0.4) is 0 Å². The zero-order chi connectivity index (χ0) is 15.5. The molecule has 0 aromatic carbocycles. The summed E-state index contributed by atoms with van der Waals surface area (Å²) in [4.78, 5) is 7.89. The molecule has 4 aromatic rings. The molecule has 0 saturated heterocycles. The molecule has 0 radical (unpaired) electrons. The molecule has 110 valence electrons. The van der Waals surface area contributed by atoms with Crippen LogP contribution in [0.2, 0.25) is 0 Å². The zero-order valence-corrected chi connectivity index (χ0v) is 12.7. The Balaban J connectivity index is 0.000000133. The molecule has 22 heavy (non-hydrogen) atoms. The molecule has 10 heteroatoms. The van der Waals surface area contributed by atoms with Gasteiger partial charge in [-0.1, -0.05) is 15.9 Å². The molecule has 4 aromatic heterocycles. The van der Waals surface area contributed by atoms with Gasteiger partial charge in [0.1, 0.15) is 12.7 Å². The number of fused-ring (bicyclic) bond motifs is 2. The van der Waals surface area contributed by atoms with E-state index in [2.05, 4.69) is 36.1 Å². The third-order valence-electron chi connectivity index (χ3n) is 2.85. The van der Waals surface area contributed by atoms with Crippen LogP contribution < -0.4 is 5.46 Å². The second kappa shape index (κ2) is 6.22. The highest BCUT2D eigenvalue weighted by Crippen LogP contribution is 2.09. The fourth-order valence-electron chi connectivity index (χ4n) is 1.78. The number of hydrogen-bond acceptors (Lipinski definition) is 6. The largest absolute Gasteiger partial charge is 0.488 e. The van der Waals surface area contributed by atoms with Gasteiger partial charge in [0.05, 0.1) is 0 Å². The molecule has 0 aliphatic heterocycles. The lowest BCUT2D eigenvalue weighted by atomic mass is 9.81. The molecule has 0 amide bonds. The van der Waals surface area contributed by atoms with Crippen LogP contribution in [0, 0.1) is 0 Å². The van der Waals surface area contributed by atoms with Crippen LogP contribution in [-0.2, 0) is 0 Å². The predicted molar refractivity (Wildman–Crippen MR) is 83.5 cm³/mol. The van der Waals surface area contributed by atoms with Gasteiger partial charge in [-0.15, -0.1) is 0 Å². The number of halogens is 1. The summed E-state index contributed by atoms with van der Waals surface area (Å²) in [7, 11) is -1.45. The van der Waals surface area contributed by atoms with Crippen molar-refractivity contribution in [2.75, 3.05) is 0 Å². The average molecular weight is 361 g/mol. The molecular weight excluding hydrogens is 351 g/mol. The molecule has 0 saturated carbocycles. The summed E-state index contributed by atoms with van der Waals surface area (Å²) in [6.45, 7) is 0. The fraction of sp³-hybridized carbons (Fsp3) is 0. The maximum atomic E-state index is 8.82. The maximum Gasteiger partial charge on any atom is 0.488 e. The van der Waals surface area contributed by atoms with E-state index in [1.165, 1.54) is 12.7 Å². The van der Waals surface area contributed by atoms with Gasteiger partial charge in [0, 0.05) is 16.9 Å².